The number of hydrogen-bond acceptors (Lipinski definition) is 5. The highest BCUT2D eigenvalue weighted by Crippen LogP contribution is 2.41. The third-order valence-electron chi connectivity index (χ3n) is 7.87. The molecule has 0 spiro atoms. The summed E-state index contributed by atoms with van der Waals surface area (Å²) in [6.07, 6.45) is 2.24. The van der Waals surface area contributed by atoms with Crippen LogP contribution in [0.15, 0.2) is 42.5 Å². The van der Waals surface area contributed by atoms with Gasteiger partial charge in [0.2, 0.25) is 5.91 Å². The molecule has 2 atom stereocenters. The molecule has 2 aromatic rings. The molecule has 0 bridgehead atoms. The molecule has 198 valence electrons. The predicted octanol–water partition coefficient (Wildman–Crippen LogP) is 3.44. The van der Waals surface area contributed by atoms with Crippen LogP contribution in [0.4, 0.5) is 0 Å². The van der Waals surface area contributed by atoms with E-state index in [-0.39, 0.29) is 23.8 Å². The molecule has 2 unspecified atom stereocenters. The van der Waals surface area contributed by atoms with Gasteiger partial charge in [0.05, 0.1) is 12.6 Å². The van der Waals surface area contributed by atoms with E-state index in [1.165, 1.54) is 11.1 Å². The Bertz CT molecular complexity index is 1120. The molecule has 2 aromatic carbocycles. The van der Waals surface area contributed by atoms with Gasteiger partial charge in [-0.25, -0.2) is 0 Å². The van der Waals surface area contributed by atoms with Gasteiger partial charge in [-0.2, -0.15) is 0 Å². The SMILES string of the molecule is COCCN1CCN(C(=O)C(C)Oc2ccc3c(c2)C(c2cccc(C)c2)N(C(=O)C2CC2)CC3)CC1. The van der Waals surface area contributed by atoms with Crippen LogP contribution in [0.3, 0.4) is 0 Å². The van der Waals surface area contributed by atoms with Crippen molar-refractivity contribution in [3.05, 3.63) is 64.7 Å². The average Bonchev–Trinajstić information content (AvgIpc) is 3.76. The van der Waals surface area contributed by atoms with Gasteiger partial charge in [-0.1, -0.05) is 35.9 Å². The number of hydrogen-bond donors (Lipinski definition) is 0. The fourth-order valence-corrected chi connectivity index (χ4v) is 5.59. The molecule has 0 N–H and O–H groups in total. The summed E-state index contributed by atoms with van der Waals surface area (Å²) >= 11 is 0. The van der Waals surface area contributed by atoms with Crippen molar-refractivity contribution in [1.29, 1.82) is 0 Å². The molecule has 2 aliphatic heterocycles. The minimum atomic E-state index is -0.575. The van der Waals surface area contributed by atoms with E-state index in [4.69, 9.17) is 9.47 Å². The van der Waals surface area contributed by atoms with Gasteiger partial charge in [0.15, 0.2) is 6.10 Å². The van der Waals surface area contributed by atoms with Crippen LogP contribution in [-0.2, 0) is 20.7 Å². The van der Waals surface area contributed by atoms with Gasteiger partial charge < -0.3 is 19.3 Å². The highest BCUT2D eigenvalue weighted by molar-refractivity contribution is 5.82. The van der Waals surface area contributed by atoms with E-state index in [1.54, 1.807) is 7.11 Å². The van der Waals surface area contributed by atoms with Crippen LogP contribution in [0.2, 0.25) is 0 Å². The summed E-state index contributed by atoms with van der Waals surface area (Å²) in [4.78, 5) is 32.7. The highest BCUT2D eigenvalue weighted by Gasteiger charge is 2.39. The van der Waals surface area contributed by atoms with Crippen molar-refractivity contribution < 1.29 is 19.1 Å². The monoisotopic (exact) mass is 505 g/mol. The first-order chi connectivity index (χ1) is 17.9. The van der Waals surface area contributed by atoms with Crippen molar-refractivity contribution in [2.24, 2.45) is 5.92 Å². The molecular formula is C30H39N3O4. The summed E-state index contributed by atoms with van der Waals surface area (Å²) < 4.78 is 11.4. The molecule has 2 fully saturated rings. The Balaban J connectivity index is 1.33. The summed E-state index contributed by atoms with van der Waals surface area (Å²) in [6.45, 7) is 9.35. The fourth-order valence-electron chi connectivity index (χ4n) is 5.59. The van der Waals surface area contributed by atoms with Crippen molar-refractivity contribution in [3.8, 4) is 5.75 Å². The molecule has 3 aliphatic rings. The molecule has 7 heteroatoms. The first kappa shape index (κ1) is 25.7. The third kappa shape index (κ3) is 5.83. The summed E-state index contributed by atoms with van der Waals surface area (Å²) in [7, 11) is 1.71. The number of carbonyl (C=O) groups is 2. The molecule has 0 aromatic heterocycles. The zero-order valence-corrected chi connectivity index (χ0v) is 22.3. The Labute approximate surface area is 220 Å². The molecule has 37 heavy (non-hydrogen) atoms. The standard InChI is InChI=1S/C30H39N3O4/c1-21-5-4-6-25(19-21)28-27-20-26(10-9-23(27)11-12-33(28)30(35)24-7-8-24)37-22(2)29(34)32-15-13-31(14-16-32)17-18-36-3/h4-6,9-10,19-20,22,24,28H,7-8,11-18H2,1-3H3. The molecule has 7 nitrogen and oxygen atoms in total. The van der Waals surface area contributed by atoms with Crippen molar-refractivity contribution in [3.63, 3.8) is 0 Å². The molecule has 1 aliphatic carbocycles. The van der Waals surface area contributed by atoms with E-state index >= 15 is 0 Å². The lowest BCUT2D eigenvalue weighted by atomic mass is 9.87. The Morgan fingerprint density at radius 1 is 1.03 bits per heavy atom. The second kappa shape index (κ2) is 11.2. The number of rotatable bonds is 8. The lowest BCUT2D eigenvalue weighted by Gasteiger charge is -2.38. The number of piperazine rings is 1. The van der Waals surface area contributed by atoms with E-state index in [2.05, 4.69) is 53.1 Å². The van der Waals surface area contributed by atoms with Crippen LogP contribution < -0.4 is 4.74 Å². The van der Waals surface area contributed by atoms with E-state index < -0.39 is 6.10 Å². The van der Waals surface area contributed by atoms with Gasteiger partial charge in [0.1, 0.15) is 5.75 Å². The summed E-state index contributed by atoms with van der Waals surface area (Å²) in [5.74, 6) is 1.12. The second-order valence-electron chi connectivity index (χ2n) is 10.7. The summed E-state index contributed by atoms with van der Waals surface area (Å²) in [5.41, 5.74) is 4.65. The largest absolute Gasteiger partial charge is 0.481 e. The first-order valence-corrected chi connectivity index (χ1v) is 13.6. The molecular weight excluding hydrogens is 466 g/mol. The van der Waals surface area contributed by atoms with Gasteiger partial charge >= 0.3 is 0 Å². The number of benzene rings is 2. The van der Waals surface area contributed by atoms with Crippen LogP contribution >= 0.6 is 0 Å². The zero-order valence-electron chi connectivity index (χ0n) is 22.3. The third-order valence-corrected chi connectivity index (χ3v) is 7.87. The van der Waals surface area contributed by atoms with Crippen molar-refractivity contribution in [1.82, 2.24) is 14.7 Å². The van der Waals surface area contributed by atoms with Gasteiger partial charge in [-0.15, -0.1) is 0 Å². The van der Waals surface area contributed by atoms with Gasteiger partial charge in [-0.3, -0.25) is 14.5 Å². The van der Waals surface area contributed by atoms with Crippen molar-refractivity contribution >= 4 is 11.8 Å². The van der Waals surface area contributed by atoms with Crippen LogP contribution in [-0.4, -0.2) is 85.6 Å². The van der Waals surface area contributed by atoms with E-state index in [9.17, 15) is 9.59 Å². The number of carbonyl (C=O) groups excluding carboxylic acids is 2. The van der Waals surface area contributed by atoms with Gasteiger partial charge in [-0.05, 0) is 61.9 Å². The quantitative estimate of drug-likeness (QED) is 0.550. The van der Waals surface area contributed by atoms with Gasteiger partial charge in [0, 0.05) is 52.3 Å². The maximum absolute atomic E-state index is 13.3. The van der Waals surface area contributed by atoms with Gasteiger partial charge in [0.25, 0.3) is 5.91 Å². The Morgan fingerprint density at radius 3 is 2.51 bits per heavy atom. The first-order valence-electron chi connectivity index (χ1n) is 13.6. The molecule has 0 radical (unpaired) electrons. The van der Waals surface area contributed by atoms with Crippen molar-refractivity contribution in [2.75, 3.05) is 53.0 Å². The number of amides is 2. The van der Waals surface area contributed by atoms with E-state index in [1.807, 2.05) is 17.9 Å². The molecule has 2 heterocycles. The number of fused-ring (bicyclic) bond motifs is 1. The number of nitrogens with zero attached hydrogens (tertiary/aromatic N) is 3. The molecule has 2 amide bonds. The maximum atomic E-state index is 13.3. The maximum Gasteiger partial charge on any atom is 0.263 e. The summed E-state index contributed by atoms with van der Waals surface area (Å²) in [5, 5.41) is 0. The zero-order chi connectivity index (χ0) is 25.9. The van der Waals surface area contributed by atoms with Crippen LogP contribution in [0.1, 0.15) is 48.1 Å². The number of aryl methyl sites for hydroxylation is 1. The topological polar surface area (TPSA) is 62.3 Å². The average molecular weight is 506 g/mol. The summed E-state index contributed by atoms with van der Waals surface area (Å²) in [6, 6.07) is 14.5. The smallest absolute Gasteiger partial charge is 0.263 e. The second-order valence-corrected chi connectivity index (χ2v) is 10.7. The Kier molecular flexibility index (Phi) is 7.81. The Morgan fingerprint density at radius 2 is 1.81 bits per heavy atom. The normalized spacial score (nSPS) is 20.9. The lowest BCUT2D eigenvalue weighted by molar-refractivity contribution is -0.139. The molecule has 1 saturated heterocycles. The lowest BCUT2D eigenvalue weighted by Crippen LogP contribution is -2.52. The van der Waals surface area contributed by atoms with Crippen LogP contribution in [0.25, 0.3) is 0 Å². The van der Waals surface area contributed by atoms with Crippen LogP contribution in [0, 0.1) is 12.8 Å². The molecule has 5 rings (SSSR count). The molecule has 1 saturated carbocycles. The highest BCUT2D eigenvalue weighted by atomic mass is 16.5. The van der Waals surface area contributed by atoms with E-state index in [0.717, 1.165) is 56.6 Å². The fraction of sp³-hybridized carbons (Fsp3) is 0.533. The van der Waals surface area contributed by atoms with Crippen molar-refractivity contribution in [2.45, 2.75) is 45.3 Å². The van der Waals surface area contributed by atoms with E-state index in [0.29, 0.717) is 25.4 Å². The Hall–Kier alpha value is -2.90. The minimum Gasteiger partial charge on any atom is -0.481 e. The number of methoxy groups -OCH3 is 1. The number of ether oxygens (including phenoxy) is 2. The van der Waals surface area contributed by atoms with Crippen LogP contribution in [0.5, 0.6) is 5.75 Å². The predicted molar refractivity (Wildman–Crippen MR) is 143 cm³/mol. The minimum absolute atomic E-state index is 0.0184.